The van der Waals surface area contributed by atoms with Crippen LogP contribution in [0.15, 0.2) is 146 Å². The SMILES string of the molecule is C1=Cc2ccc(cc2)CN[C@H]2CCCC[C@@H]2NCc2ccc(cc2)C=Cc2ccc(cc2)CN[C@H]2CCCC[C@@H]2NCc2ccc(cc2)C=Cc2ccc(cc2)CN[C@H]2CCCC[C@@H]2NCc2ccc1cc2. The number of hydrogen-bond acceptors (Lipinski definition) is 6. The van der Waals surface area contributed by atoms with E-state index in [0.29, 0.717) is 36.3 Å². The van der Waals surface area contributed by atoms with Crippen LogP contribution in [0.5, 0.6) is 0 Å². The summed E-state index contributed by atoms with van der Waals surface area (Å²) < 4.78 is 0. The van der Waals surface area contributed by atoms with Gasteiger partial charge in [0.15, 0.2) is 0 Å². The molecule has 72 heavy (non-hydrogen) atoms. The summed E-state index contributed by atoms with van der Waals surface area (Å²) in [6.45, 7) is 5.34. The third-order valence-corrected chi connectivity index (χ3v) is 16.0. The molecule has 0 aromatic heterocycles. The average Bonchev–Trinajstić information content (AvgIpc) is 3.44. The molecule has 0 spiro atoms. The molecule has 12 bridgehead atoms. The van der Waals surface area contributed by atoms with Gasteiger partial charge in [-0.25, -0.2) is 0 Å². The van der Waals surface area contributed by atoms with E-state index in [1.54, 1.807) is 0 Å². The maximum absolute atomic E-state index is 3.93. The Morgan fingerprint density at radius 1 is 0.194 bits per heavy atom. The van der Waals surface area contributed by atoms with Crippen molar-refractivity contribution in [3.63, 3.8) is 0 Å². The molecule has 6 N–H and O–H groups in total. The highest BCUT2D eigenvalue weighted by Crippen LogP contribution is 2.24. The van der Waals surface area contributed by atoms with Crippen LogP contribution in [0, 0.1) is 0 Å². The zero-order chi connectivity index (χ0) is 48.6. The molecule has 6 heteroatoms. The predicted molar refractivity (Wildman–Crippen MR) is 305 cm³/mol. The molecular formula is C66H78N6. The fraction of sp³-hybridized carbons (Fsp3) is 0.364. The van der Waals surface area contributed by atoms with Crippen molar-refractivity contribution in [2.24, 2.45) is 0 Å². The molecule has 10 aliphatic heterocycles. The van der Waals surface area contributed by atoms with Gasteiger partial charge in [-0.2, -0.15) is 0 Å². The van der Waals surface area contributed by atoms with Crippen LogP contribution >= 0.6 is 0 Å². The number of nitrogens with one attached hydrogen (secondary N) is 6. The number of benzene rings is 6. The van der Waals surface area contributed by atoms with Crippen molar-refractivity contribution in [2.45, 2.75) is 153 Å². The molecule has 6 atom stereocenters. The molecule has 0 radical (unpaired) electrons. The van der Waals surface area contributed by atoms with Crippen LogP contribution in [0.3, 0.4) is 0 Å². The zero-order valence-corrected chi connectivity index (χ0v) is 42.5. The van der Waals surface area contributed by atoms with Gasteiger partial charge in [0.25, 0.3) is 0 Å². The number of rotatable bonds is 0. The van der Waals surface area contributed by atoms with Gasteiger partial charge >= 0.3 is 0 Å². The highest BCUT2D eigenvalue weighted by Gasteiger charge is 2.26. The lowest BCUT2D eigenvalue weighted by atomic mass is 9.90. The predicted octanol–water partition coefficient (Wildman–Crippen LogP) is 13.1. The Balaban J connectivity index is 0.785. The minimum absolute atomic E-state index is 0.473. The zero-order valence-electron chi connectivity index (χ0n) is 42.5. The summed E-state index contributed by atoms with van der Waals surface area (Å²) in [5.41, 5.74) is 15.4. The first-order chi connectivity index (χ1) is 35.6. The molecule has 6 nitrogen and oxygen atoms in total. The normalized spacial score (nSPS) is 24.0. The van der Waals surface area contributed by atoms with Crippen LogP contribution < -0.4 is 31.9 Å². The molecule has 372 valence electrons. The maximum atomic E-state index is 3.93. The third kappa shape index (κ3) is 14.7. The molecule has 0 unspecified atom stereocenters. The van der Waals surface area contributed by atoms with E-state index < -0.39 is 0 Å². The second-order valence-electron chi connectivity index (χ2n) is 21.2. The van der Waals surface area contributed by atoms with Crippen LogP contribution in [0.4, 0.5) is 0 Å². The highest BCUT2D eigenvalue weighted by atomic mass is 15.0. The topological polar surface area (TPSA) is 72.2 Å². The molecule has 6 aromatic carbocycles. The first-order valence-corrected chi connectivity index (χ1v) is 27.6. The Morgan fingerprint density at radius 3 is 0.472 bits per heavy atom. The molecule has 3 fully saturated rings. The molecule has 0 amide bonds. The molecule has 10 heterocycles. The molecular weight excluding hydrogens is 877 g/mol. The lowest BCUT2D eigenvalue weighted by molar-refractivity contribution is 0.281. The van der Waals surface area contributed by atoms with E-state index in [2.05, 4.69) is 214 Å². The van der Waals surface area contributed by atoms with Crippen molar-refractivity contribution in [2.75, 3.05) is 0 Å². The smallest absolute Gasteiger partial charge is 0.0224 e. The molecule has 13 aliphatic rings. The molecule has 6 aromatic rings. The van der Waals surface area contributed by atoms with Gasteiger partial charge in [-0.3, -0.25) is 0 Å². The summed E-state index contributed by atoms with van der Waals surface area (Å²) in [5.74, 6) is 0. The third-order valence-electron chi connectivity index (χ3n) is 16.0. The van der Waals surface area contributed by atoms with E-state index in [-0.39, 0.29) is 0 Å². The Hall–Kier alpha value is -5.70. The van der Waals surface area contributed by atoms with Gasteiger partial charge in [-0.15, -0.1) is 0 Å². The summed E-state index contributed by atoms with van der Waals surface area (Å²) in [5, 5.41) is 23.6. The minimum Gasteiger partial charge on any atom is -0.308 e. The van der Waals surface area contributed by atoms with Crippen molar-refractivity contribution < 1.29 is 0 Å². The first-order valence-electron chi connectivity index (χ1n) is 27.6. The molecule has 0 saturated heterocycles. The minimum atomic E-state index is 0.473. The lowest BCUT2D eigenvalue weighted by Crippen LogP contribution is -2.49. The van der Waals surface area contributed by atoms with Gasteiger partial charge in [-0.05, 0) is 105 Å². The van der Waals surface area contributed by atoms with Crippen LogP contribution in [0.25, 0.3) is 36.5 Å². The Morgan fingerprint density at radius 2 is 0.333 bits per heavy atom. The van der Waals surface area contributed by atoms with E-state index in [9.17, 15) is 0 Å². The Kier molecular flexibility index (Phi) is 17.9. The lowest BCUT2D eigenvalue weighted by Gasteiger charge is -2.33. The van der Waals surface area contributed by atoms with Gasteiger partial charge in [0, 0.05) is 75.5 Å². The largest absolute Gasteiger partial charge is 0.308 e. The van der Waals surface area contributed by atoms with Gasteiger partial charge in [0.05, 0.1) is 0 Å². The van der Waals surface area contributed by atoms with E-state index in [1.807, 2.05) is 0 Å². The average molecular weight is 955 g/mol. The van der Waals surface area contributed by atoms with Crippen molar-refractivity contribution in [1.29, 1.82) is 0 Å². The van der Waals surface area contributed by atoms with Crippen LogP contribution in [-0.2, 0) is 39.3 Å². The monoisotopic (exact) mass is 955 g/mol. The van der Waals surface area contributed by atoms with E-state index >= 15 is 0 Å². The fourth-order valence-electron chi connectivity index (χ4n) is 11.4. The van der Waals surface area contributed by atoms with Gasteiger partial charge in [0.2, 0.25) is 0 Å². The van der Waals surface area contributed by atoms with Crippen molar-refractivity contribution in [1.82, 2.24) is 31.9 Å². The highest BCUT2D eigenvalue weighted by molar-refractivity contribution is 5.71. The van der Waals surface area contributed by atoms with Gasteiger partial charge in [0.1, 0.15) is 0 Å². The van der Waals surface area contributed by atoms with E-state index in [4.69, 9.17) is 0 Å². The van der Waals surface area contributed by atoms with Crippen molar-refractivity contribution in [3.05, 3.63) is 212 Å². The molecule has 3 saturated carbocycles. The summed E-state index contributed by atoms with van der Waals surface area (Å²) in [6.07, 6.45) is 28.5. The summed E-state index contributed by atoms with van der Waals surface area (Å²) in [4.78, 5) is 0. The van der Waals surface area contributed by atoms with Crippen LogP contribution in [0.1, 0.15) is 144 Å². The quantitative estimate of drug-likeness (QED) is 0.0912. The van der Waals surface area contributed by atoms with Crippen LogP contribution in [0.2, 0.25) is 0 Å². The summed E-state index contributed by atoms with van der Waals surface area (Å²) >= 11 is 0. The Labute approximate surface area is 431 Å². The van der Waals surface area contributed by atoms with E-state index in [0.717, 1.165) is 39.3 Å². The maximum Gasteiger partial charge on any atom is 0.0224 e. The summed E-state index contributed by atoms with van der Waals surface area (Å²) in [6, 6.07) is 57.3. The number of hydrogen-bond donors (Lipinski definition) is 6. The molecule has 3 aliphatic carbocycles. The Bertz CT molecular complexity index is 2170. The second-order valence-corrected chi connectivity index (χ2v) is 21.2. The van der Waals surface area contributed by atoms with Gasteiger partial charge in [-0.1, -0.05) is 221 Å². The van der Waals surface area contributed by atoms with Crippen LogP contribution in [-0.4, -0.2) is 36.3 Å². The fourth-order valence-corrected chi connectivity index (χ4v) is 11.4. The van der Waals surface area contributed by atoms with Crippen molar-refractivity contribution in [3.8, 4) is 0 Å². The standard InChI is InChI=1S/C66H78N6/c1-2-8-62-61(7-1)67-43-55-31-19-49(20-32-55)13-14-51-23-35-57(36-24-51)45-69-63-9-3-4-10-64(63)71-47-59-39-27-53(28-40-59)17-18-54-29-41-60(42-30-54)48-72-66-12-6-5-11-65(66)70-46-58-37-25-52(26-38-58)16-15-50-21-33-56(34-22-50)44-68-62/h13-42,61-72H,1-12,43-48H2/t61-,62-,63-,64-,65-,66-/m0/s1. The first kappa shape index (κ1) is 49.9. The van der Waals surface area contributed by atoms with Crippen molar-refractivity contribution >= 4 is 36.5 Å². The van der Waals surface area contributed by atoms with E-state index in [1.165, 1.54) is 144 Å². The summed E-state index contributed by atoms with van der Waals surface area (Å²) in [7, 11) is 0. The van der Waals surface area contributed by atoms with Gasteiger partial charge < -0.3 is 31.9 Å². The molecule has 19 rings (SSSR count). The second kappa shape index (κ2) is 25.8.